The summed E-state index contributed by atoms with van der Waals surface area (Å²) in [5.41, 5.74) is -0.180. The number of nitrogens with one attached hydrogen (secondary N) is 2. The molecule has 7 nitrogen and oxygen atoms in total. The second-order valence-corrected chi connectivity index (χ2v) is 5.41. The van der Waals surface area contributed by atoms with Crippen LogP contribution in [0.3, 0.4) is 0 Å². The zero-order chi connectivity index (χ0) is 15.5. The van der Waals surface area contributed by atoms with Crippen LogP contribution in [0, 0.1) is 5.41 Å². The van der Waals surface area contributed by atoms with Crippen molar-refractivity contribution in [3.05, 3.63) is 30.1 Å². The SMILES string of the molecule is CC(NC(=O)NC1COCC1(C)C(=O)O)c1ccncc1. The number of carboxylic acids is 1. The van der Waals surface area contributed by atoms with Crippen LogP contribution in [0.2, 0.25) is 0 Å². The molecule has 21 heavy (non-hydrogen) atoms. The highest BCUT2D eigenvalue weighted by Gasteiger charge is 2.47. The maximum Gasteiger partial charge on any atom is 0.315 e. The maximum atomic E-state index is 12.0. The van der Waals surface area contributed by atoms with Gasteiger partial charge < -0.3 is 20.5 Å². The molecule has 2 amide bonds. The molecule has 1 aromatic rings. The molecule has 1 aromatic heterocycles. The van der Waals surface area contributed by atoms with Crippen LogP contribution >= 0.6 is 0 Å². The number of carbonyl (C=O) groups excluding carboxylic acids is 1. The first kappa shape index (κ1) is 15.2. The summed E-state index contributed by atoms with van der Waals surface area (Å²) in [5.74, 6) is -0.979. The van der Waals surface area contributed by atoms with Crippen molar-refractivity contribution in [2.24, 2.45) is 5.41 Å². The number of pyridine rings is 1. The topological polar surface area (TPSA) is 101 Å². The average molecular weight is 293 g/mol. The van der Waals surface area contributed by atoms with Crippen molar-refractivity contribution in [1.29, 1.82) is 0 Å². The van der Waals surface area contributed by atoms with Crippen LogP contribution in [0.4, 0.5) is 4.79 Å². The molecule has 1 saturated heterocycles. The number of rotatable bonds is 4. The Bertz CT molecular complexity index is 522. The molecule has 1 aliphatic rings. The van der Waals surface area contributed by atoms with Crippen molar-refractivity contribution in [1.82, 2.24) is 15.6 Å². The average Bonchev–Trinajstić information content (AvgIpc) is 2.82. The zero-order valence-corrected chi connectivity index (χ0v) is 12.0. The number of carboxylic acid groups (broad SMARTS) is 1. The molecule has 2 rings (SSSR count). The molecule has 0 radical (unpaired) electrons. The smallest absolute Gasteiger partial charge is 0.315 e. The summed E-state index contributed by atoms with van der Waals surface area (Å²) < 4.78 is 5.19. The lowest BCUT2D eigenvalue weighted by Gasteiger charge is -2.26. The van der Waals surface area contributed by atoms with E-state index in [0.717, 1.165) is 5.56 Å². The number of urea groups is 1. The molecule has 1 aliphatic heterocycles. The maximum absolute atomic E-state index is 12.0. The lowest BCUT2D eigenvalue weighted by atomic mass is 9.85. The second-order valence-electron chi connectivity index (χ2n) is 5.41. The van der Waals surface area contributed by atoms with E-state index in [9.17, 15) is 14.7 Å². The number of aliphatic carboxylic acids is 1. The van der Waals surface area contributed by atoms with Gasteiger partial charge in [0.25, 0.3) is 0 Å². The van der Waals surface area contributed by atoms with Gasteiger partial charge >= 0.3 is 12.0 Å². The molecule has 3 atom stereocenters. The van der Waals surface area contributed by atoms with Crippen molar-refractivity contribution in [2.75, 3.05) is 13.2 Å². The van der Waals surface area contributed by atoms with Gasteiger partial charge in [-0.05, 0) is 31.5 Å². The fourth-order valence-corrected chi connectivity index (χ4v) is 2.22. The molecule has 0 aromatic carbocycles. The van der Waals surface area contributed by atoms with Gasteiger partial charge in [-0.25, -0.2) is 4.79 Å². The third-order valence-electron chi connectivity index (χ3n) is 3.80. The summed E-state index contributed by atoms with van der Waals surface area (Å²) in [6, 6.07) is 2.45. The van der Waals surface area contributed by atoms with Crippen LogP contribution in [0.15, 0.2) is 24.5 Å². The van der Waals surface area contributed by atoms with Crippen LogP contribution in [-0.2, 0) is 9.53 Å². The minimum atomic E-state index is -1.10. The number of hydrogen-bond acceptors (Lipinski definition) is 4. The fraction of sp³-hybridized carbons (Fsp3) is 0.500. The van der Waals surface area contributed by atoms with Gasteiger partial charge in [0.05, 0.1) is 25.3 Å². The van der Waals surface area contributed by atoms with Crippen molar-refractivity contribution >= 4 is 12.0 Å². The van der Waals surface area contributed by atoms with E-state index in [1.807, 2.05) is 19.1 Å². The Kier molecular flexibility index (Phi) is 4.42. The molecule has 2 heterocycles. The number of hydrogen-bond donors (Lipinski definition) is 3. The van der Waals surface area contributed by atoms with Gasteiger partial charge in [0.2, 0.25) is 0 Å². The minimum absolute atomic E-state index is 0.0905. The number of nitrogens with zero attached hydrogens (tertiary/aromatic N) is 1. The van der Waals surface area contributed by atoms with Crippen molar-refractivity contribution in [2.45, 2.75) is 25.9 Å². The minimum Gasteiger partial charge on any atom is -0.481 e. The molecular formula is C14H19N3O4. The van der Waals surface area contributed by atoms with Crippen LogP contribution in [0.25, 0.3) is 0 Å². The summed E-state index contributed by atoms with van der Waals surface area (Å²) in [5, 5.41) is 14.7. The molecule has 3 N–H and O–H groups in total. The van der Waals surface area contributed by atoms with Crippen molar-refractivity contribution in [3.63, 3.8) is 0 Å². The highest BCUT2D eigenvalue weighted by atomic mass is 16.5. The lowest BCUT2D eigenvalue weighted by Crippen LogP contribution is -2.52. The quantitative estimate of drug-likeness (QED) is 0.766. The van der Waals surface area contributed by atoms with E-state index < -0.39 is 23.5 Å². The summed E-state index contributed by atoms with van der Waals surface area (Å²) in [7, 11) is 0. The summed E-state index contributed by atoms with van der Waals surface area (Å²) in [6.07, 6.45) is 3.30. The van der Waals surface area contributed by atoms with Crippen molar-refractivity contribution < 1.29 is 19.4 Å². The molecule has 0 aliphatic carbocycles. The molecule has 114 valence electrons. The molecule has 0 saturated carbocycles. The molecule has 0 bridgehead atoms. The second kappa shape index (κ2) is 6.09. The first-order valence-electron chi connectivity index (χ1n) is 6.71. The van der Waals surface area contributed by atoms with Gasteiger partial charge in [-0.15, -0.1) is 0 Å². The van der Waals surface area contributed by atoms with E-state index >= 15 is 0 Å². The summed E-state index contributed by atoms with van der Waals surface area (Å²) in [4.78, 5) is 27.2. The summed E-state index contributed by atoms with van der Waals surface area (Å²) >= 11 is 0. The Morgan fingerprint density at radius 3 is 2.76 bits per heavy atom. The van der Waals surface area contributed by atoms with Crippen LogP contribution in [0.5, 0.6) is 0 Å². The van der Waals surface area contributed by atoms with E-state index in [-0.39, 0.29) is 19.3 Å². The zero-order valence-electron chi connectivity index (χ0n) is 12.0. The van der Waals surface area contributed by atoms with E-state index in [2.05, 4.69) is 15.6 Å². The molecule has 1 fully saturated rings. The van der Waals surface area contributed by atoms with Gasteiger partial charge in [0.15, 0.2) is 0 Å². The van der Waals surface area contributed by atoms with E-state index in [0.29, 0.717) is 0 Å². The molecule has 3 unspecified atom stereocenters. The number of amides is 2. The third-order valence-corrected chi connectivity index (χ3v) is 3.80. The van der Waals surface area contributed by atoms with Crippen LogP contribution in [-0.4, -0.2) is 41.3 Å². The fourth-order valence-electron chi connectivity index (χ4n) is 2.22. The van der Waals surface area contributed by atoms with E-state index in [1.165, 1.54) is 0 Å². The molecule has 0 spiro atoms. The monoisotopic (exact) mass is 293 g/mol. The molecular weight excluding hydrogens is 274 g/mol. The van der Waals surface area contributed by atoms with Gasteiger partial charge in [-0.1, -0.05) is 0 Å². The Morgan fingerprint density at radius 1 is 1.48 bits per heavy atom. The lowest BCUT2D eigenvalue weighted by molar-refractivity contribution is -0.148. The standard InChI is InChI=1S/C14H19N3O4/c1-9(10-3-5-15-6-4-10)16-13(20)17-11-7-21-8-14(11,2)12(18)19/h3-6,9,11H,7-8H2,1-2H3,(H,18,19)(H2,16,17,20). The Hall–Kier alpha value is -2.15. The predicted molar refractivity (Wildman–Crippen MR) is 74.7 cm³/mol. The highest BCUT2D eigenvalue weighted by Crippen LogP contribution is 2.28. The third kappa shape index (κ3) is 3.30. The van der Waals surface area contributed by atoms with E-state index in [1.54, 1.807) is 19.3 Å². The van der Waals surface area contributed by atoms with Crippen LogP contribution in [0.1, 0.15) is 25.5 Å². The van der Waals surface area contributed by atoms with E-state index in [4.69, 9.17) is 4.74 Å². The number of carbonyl (C=O) groups is 2. The Morgan fingerprint density at radius 2 is 2.14 bits per heavy atom. The van der Waals surface area contributed by atoms with Gasteiger partial charge in [0.1, 0.15) is 5.41 Å². The van der Waals surface area contributed by atoms with Gasteiger partial charge in [-0.3, -0.25) is 9.78 Å². The normalized spacial score (nSPS) is 26.1. The molecule has 7 heteroatoms. The highest BCUT2D eigenvalue weighted by molar-refractivity contribution is 5.79. The Labute approximate surface area is 122 Å². The number of aromatic nitrogens is 1. The first-order valence-corrected chi connectivity index (χ1v) is 6.71. The van der Waals surface area contributed by atoms with Crippen molar-refractivity contribution in [3.8, 4) is 0 Å². The first-order chi connectivity index (χ1) is 9.93. The Balaban J connectivity index is 1.94. The largest absolute Gasteiger partial charge is 0.481 e. The number of ether oxygens (including phenoxy) is 1. The van der Waals surface area contributed by atoms with Gasteiger partial charge in [-0.2, -0.15) is 0 Å². The summed E-state index contributed by atoms with van der Waals surface area (Å²) in [6.45, 7) is 3.70. The predicted octanol–water partition coefficient (Wildman–Crippen LogP) is 0.931. The van der Waals surface area contributed by atoms with Crippen LogP contribution < -0.4 is 10.6 Å². The van der Waals surface area contributed by atoms with Gasteiger partial charge in [0, 0.05) is 12.4 Å².